The van der Waals surface area contributed by atoms with Crippen molar-refractivity contribution in [3.8, 4) is 0 Å². The number of thioether (sulfide) groups is 1. The van der Waals surface area contributed by atoms with Gasteiger partial charge in [0.2, 0.25) is 0 Å². The van der Waals surface area contributed by atoms with E-state index in [2.05, 4.69) is 15.1 Å². The molecular formula is C14H13ClN4S. The number of hydrogen-bond acceptors (Lipinski definition) is 4. The van der Waals surface area contributed by atoms with Crippen molar-refractivity contribution in [3.63, 3.8) is 0 Å². The number of aromatic nitrogens is 4. The Hall–Kier alpha value is -1.59. The molecule has 0 radical (unpaired) electrons. The van der Waals surface area contributed by atoms with Crippen LogP contribution in [0, 0.1) is 0 Å². The molecule has 0 aliphatic heterocycles. The Morgan fingerprint density at radius 1 is 1.25 bits per heavy atom. The summed E-state index contributed by atoms with van der Waals surface area (Å²) in [6.07, 6.45) is 5.52. The summed E-state index contributed by atoms with van der Waals surface area (Å²) in [5, 5.41) is 5.90. The number of rotatable bonds is 4. The smallest absolute Gasteiger partial charge is 0.189 e. The topological polar surface area (TPSA) is 43.6 Å². The van der Waals surface area contributed by atoms with Gasteiger partial charge in [0.25, 0.3) is 0 Å². The number of alkyl halides is 1. The molecule has 0 bridgehead atoms. The lowest BCUT2D eigenvalue weighted by atomic mass is 10.1. The molecule has 0 aliphatic rings. The third-order valence-corrected chi connectivity index (χ3v) is 3.98. The van der Waals surface area contributed by atoms with Gasteiger partial charge in [-0.1, -0.05) is 42.1 Å². The summed E-state index contributed by atoms with van der Waals surface area (Å²) < 4.78 is 1.83. The molecule has 0 fully saturated rings. The summed E-state index contributed by atoms with van der Waals surface area (Å²) in [7, 11) is 0. The van der Waals surface area contributed by atoms with Gasteiger partial charge < -0.3 is 0 Å². The van der Waals surface area contributed by atoms with Crippen molar-refractivity contribution in [2.45, 2.75) is 17.1 Å². The molecule has 0 N–H and O–H groups in total. The van der Waals surface area contributed by atoms with E-state index in [1.807, 2.05) is 41.3 Å². The van der Waals surface area contributed by atoms with Gasteiger partial charge in [0.1, 0.15) is 0 Å². The highest BCUT2D eigenvalue weighted by molar-refractivity contribution is 7.98. The van der Waals surface area contributed by atoms with E-state index >= 15 is 0 Å². The molecule has 1 unspecified atom stereocenters. The third-order valence-electron chi connectivity index (χ3n) is 3.03. The molecule has 102 valence electrons. The highest BCUT2D eigenvalue weighted by Gasteiger charge is 2.12. The lowest BCUT2D eigenvalue weighted by molar-refractivity contribution is 0.613. The normalized spacial score (nSPS) is 12.7. The summed E-state index contributed by atoms with van der Waals surface area (Å²) in [4.78, 5) is 8.74. The zero-order valence-electron chi connectivity index (χ0n) is 10.9. The molecule has 1 atom stereocenters. The van der Waals surface area contributed by atoms with Crippen molar-refractivity contribution in [1.82, 2.24) is 19.7 Å². The Morgan fingerprint density at radius 2 is 2.05 bits per heavy atom. The molecule has 0 saturated heterocycles. The minimum absolute atomic E-state index is 0.132. The minimum Gasteiger partial charge on any atom is -0.245 e. The summed E-state index contributed by atoms with van der Waals surface area (Å²) in [5.74, 6) is 0. The number of benzene rings is 1. The molecule has 4 nitrogen and oxygen atoms in total. The molecule has 0 amide bonds. The summed E-state index contributed by atoms with van der Waals surface area (Å²) in [5.41, 5.74) is 1.91. The van der Waals surface area contributed by atoms with Gasteiger partial charge in [0.05, 0.1) is 23.5 Å². The van der Waals surface area contributed by atoms with E-state index in [9.17, 15) is 0 Å². The molecule has 2 aromatic heterocycles. The van der Waals surface area contributed by atoms with Crippen LogP contribution in [0.3, 0.4) is 0 Å². The van der Waals surface area contributed by atoms with Crippen LogP contribution in [0.2, 0.25) is 0 Å². The second kappa shape index (κ2) is 5.81. The van der Waals surface area contributed by atoms with Gasteiger partial charge in [-0.05, 0) is 11.8 Å². The van der Waals surface area contributed by atoms with Crippen molar-refractivity contribution in [3.05, 3.63) is 48.3 Å². The lowest BCUT2D eigenvalue weighted by Gasteiger charge is -2.10. The maximum atomic E-state index is 6.46. The molecule has 20 heavy (non-hydrogen) atoms. The molecule has 6 heteroatoms. The van der Waals surface area contributed by atoms with Crippen LogP contribution in [0.5, 0.6) is 0 Å². The van der Waals surface area contributed by atoms with Crippen LogP contribution in [-0.2, 0) is 6.54 Å². The molecule has 1 aromatic carbocycles. The van der Waals surface area contributed by atoms with Crippen molar-refractivity contribution < 1.29 is 0 Å². The van der Waals surface area contributed by atoms with Crippen molar-refractivity contribution in [2.24, 2.45) is 0 Å². The van der Waals surface area contributed by atoms with E-state index in [-0.39, 0.29) is 5.38 Å². The maximum Gasteiger partial charge on any atom is 0.189 e. The van der Waals surface area contributed by atoms with Gasteiger partial charge in [-0.3, -0.25) is 0 Å². The van der Waals surface area contributed by atoms with Gasteiger partial charge in [-0.25, -0.2) is 14.6 Å². The highest BCUT2D eigenvalue weighted by atomic mass is 35.5. The molecule has 0 spiro atoms. The van der Waals surface area contributed by atoms with Crippen LogP contribution in [0.4, 0.5) is 0 Å². The van der Waals surface area contributed by atoms with Gasteiger partial charge in [0.15, 0.2) is 10.8 Å². The standard InChI is InChI=1S/C14H13ClN4S/c1-20-14-16-7-11-8-17-19(13(11)18-14)9-12(15)10-5-3-2-4-6-10/h2-8,12H,9H2,1H3. The van der Waals surface area contributed by atoms with Crippen LogP contribution in [0.25, 0.3) is 11.0 Å². The zero-order valence-corrected chi connectivity index (χ0v) is 12.5. The second-order valence-electron chi connectivity index (χ2n) is 4.34. The Bertz CT molecular complexity index is 714. The number of nitrogens with zero attached hydrogens (tertiary/aromatic N) is 4. The maximum absolute atomic E-state index is 6.46. The Morgan fingerprint density at radius 3 is 2.80 bits per heavy atom. The summed E-state index contributed by atoms with van der Waals surface area (Å²) in [6, 6.07) is 9.99. The third kappa shape index (κ3) is 2.64. The van der Waals surface area contributed by atoms with Crippen molar-refractivity contribution in [2.75, 3.05) is 6.26 Å². The largest absolute Gasteiger partial charge is 0.245 e. The van der Waals surface area contributed by atoms with Crippen LogP contribution in [0.1, 0.15) is 10.9 Å². The number of fused-ring (bicyclic) bond motifs is 1. The summed E-state index contributed by atoms with van der Waals surface area (Å²) >= 11 is 7.98. The van der Waals surface area contributed by atoms with E-state index in [0.717, 1.165) is 21.8 Å². The lowest BCUT2D eigenvalue weighted by Crippen LogP contribution is -2.07. The fraction of sp³-hybridized carbons (Fsp3) is 0.214. The first-order chi connectivity index (χ1) is 9.78. The van der Waals surface area contributed by atoms with Crippen LogP contribution >= 0.6 is 23.4 Å². The molecule has 3 aromatic rings. The first kappa shape index (κ1) is 13.4. The van der Waals surface area contributed by atoms with Gasteiger partial charge in [-0.15, -0.1) is 11.6 Å². The number of hydrogen-bond donors (Lipinski definition) is 0. The molecule has 0 aliphatic carbocycles. The van der Waals surface area contributed by atoms with Gasteiger partial charge in [-0.2, -0.15) is 5.10 Å². The Labute approximate surface area is 126 Å². The average Bonchev–Trinajstić information content (AvgIpc) is 2.90. The fourth-order valence-corrected chi connectivity index (χ4v) is 2.61. The van der Waals surface area contributed by atoms with E-state index in [4.69, 9.17) is 11.6 Å². The first-order valence-corrected chi connectivity index (χ1v) is 7.85. The van der Waals surface area contributed by atoms with E-state index in [0.29, 0.717) is 6.54 Å². The fourth-order valence-electron chi connectivity index (χ4n) is 2.00. The minimum atomic E-state index is -0.132. The molecule has 2 heterocycles. The van der Waals surface area contributed by atoms with E-state index in [1.165, 1.54) is 11.8 Å². The number of halogens is 1. The summed E-state index contributed by atoms with van der Waals surface area (Å²) in [6.45, 7) is 0.583. The van der Waals surface area contributed by atoms with Crippen LogP contribution in [0.15, 0.2) is 47.9 Å². The average molecular weight is 305 g/mol. The predicted octanol–water partition coefficient (Wildman–Crippen LogP) is 3.53. The van der Waals surface area contributed by atoms with Crippen LogP contribution < -0.4 is 0 Å². The van der Waals surface area contributed by atoms with Gasteiger partial charge >= 0.3 is 0 Å². The second-order valence-corrected chi connectivity index (χ2v) is 5.64. The zero-order chi connectivity index (χ0) is 13.9. The highest BCUT2D eigenvalue weighted by Crippen LogP contribution is 2.24. The monoisotopic (exact) mass is 304 g/mol. The van der Waals surface area contributed by atoms with E-state index in [1.54, 1.807) is 12.4 Å². The van der Waals surface area contributed by atoms with Crippen molar-refractivity contribution in [1.29, 1.82) is 0 Å². The first-order valence-electron chi connectivity index (χ1n) is 6.19. The molecular weight excluding hydrogens is 292 g/mol. The molecule has 3 rings (SSSR count). The van der Waals surface area contributed by atoms with Gasteiger partial charge in [0, 0.05) is 6.20 Å². The quantitative estimate of drug-likeness (QED) is 0.420. The predicted molar refractivity (Wildman–Crippen MR) is 82.1 cm³/mol. The Kier molecular flexibility index (Phi) is 3.89. The Balaban J connectivity index is 1.91. The SMILES string of the molecule is CSc1ncc2cnn(CC(Cl)c3ccccc3)c2n1. The van der Waals surface area contributed by atoms with Crippen molar-refractivity contribution >= 4 is 34.4 Å². The van der Waals surface area contributed by atoms with Crippen LogP contribution in [-0.4, -0.2) is 26.0 Å². The van der Waals surface area contributed by atoms with E-state index < -0.39 is 0 Å². The molecule has 0 saturated carbocycles.